The first kappa shape index (κ1) is 17.2. The van der Waals surface area contributed by atoms with E-state index in [9.17, 15) is 14.4 Å². The van der Waals surface area contributed by atoms with E-state index in [0.717, 1.165) is 17.1 Å². The predicted octanol–water partition coefficient (Wildman–Crippen LogP) is 3.42. The Morgan fingerprint density at radius 3 is 2.56 bits per heavy atom. The molecule has 6 heteroatoms. The number of hydrogen-bond acceptors (Lipinski definition) is 4. The molecule has 2 aromatic carbocycles. The number of amides is 3. The van der Waals surface area contributed by atoms with E-state index in [4.69, 9.17) is 0 Å². The van der Waals surface area contributed by atoms with Crippen molar-refractivity contribution in [3.8, 4) is 0 Å². The number of thioether (sulfide) groups is 1. The Bertz CT molecular complexity index is 821. The Morgan fingerprint density at radius 1 is 1.04 bits per heavy atom. The second kappa shape index (κ2) is 7.53. The number of carbonyl (C=O) groups excluding carboxylic acids is 3. The number of anilines is 1. The summed E-state index contributed by atoms with van der Waals surface area (Å²) in [5, 5.41) is 2.76. The first-order valence-electron chi connectivity index (χ1n) is 8.01. The summed E-state index contributed by atoms with van der Waals surface area (Å²) in [6.07, 6.45) is 1.09. The van der Waals surface area contributed by atoms with Crippen molar-refractivity contribution in [3.05, 3.63) is 59.7 Å². The summed E-state index contributed by atoms with van der Waals surface area (Å²) in [5.74, 6) is -0.0347. The van der Waals surface area contributed by atoms with Crippen LogP contribution in [0, 0.1) is 0 Å². The number of nitrogens with one attached hydrogen (secondary N) is 1. The zero-order chi connectivity index (χ0) is 17.8. The number of benzene rings is 2. The molecule has 0 unspecified atom stereocenters. The van der Waals surface area contributed by atoms with Gasteiger partial charge in [0.1, 0.15) is 0 Å². The number of hydrogen-bond donors (Lipinski definition) is 1. The van der Waals surface area contributed by atoms with Gasteiger partial charge < -0.3 is 5.32 Å². The highest BCUT2D eigenvalue weighted by molar-refractivity contribution is 7.99. The molecule has 0 aromatic heterocycles. The molecule has 0 spiro atoms. The Labute approximate surface area is 150 Å². The molecular weight excluding hydrogens is 336 g/mol. The topological polar surface area (TPSA) is 66.5 Å². The van der Waals surface area contributed by atoms with Gasteiger partial charge in [-0.25, -0.2) is 0 Å². The number of carbonyl (C=O) groups is 3. The highest BCUT2D eigenvalue weighted by Crippen LogP contribution is 2.28. The van der Waals surface area contributed by atoms with Crippen molar-refractivity contribution < 1.29 is 14.4 Å². The van der Waals surface area contributed by atoms with Gasteiger partial charge in [-0.2, -0.15) is 0 Å². The van der Waals surface area contributed by atoms with Crippen LogP contribution in [0.5, 0.6) is 0 Å². The highest BCUT2D eigenvalue weighted by atomic mass is 32.2. The van der Waals surface area contributed by atoms with Gasteiger partial charge in [0.15, 0.2) is 0 Å². The molecule has 0 atom stereocenters. The molecule has 0 radical (unpaired) electrons. The summed E-state index contributed by atoms with van der Waals surface area (Å²) in [7, 11) is 1.44. The average molecular weight is 354 g/mol. The molecule has 0 fully saturated rings. The van der Waals surface area contributed by atoms with Crippen molar-refractivity contribution in [3.63, 3.8) is 0 Å². The van der Waals surface area contributed by atoms with Gasteiger partial charge in [-0.15, -0.1) is 11.8 Å². The Balaban J connectivity index is 1.56. The second-order valence-corrected chi connectivity index (χ2v) is 6.88. The molecule has 128 valence electrons. The number of nitrogens with zero attached hydrogens (tertiary/aromatic N) is 1. The lowest BCUT2D eigenvalue weighted by molar-refractivity contribution is -0.116. The fourth-order valence-electron chi connectivity index (χ4n) is 2.66. The summed E-state index contributed by atoms with van der Waals surface area (Å²) < 4.78 is 0. The van der Waals surface area contributed by atoms with Crippen molar-refractivity contribution >= 4 is 35.2 Å². The van der Waals surface area contributed by atoms with E-state index in [1.807, 2.05) is 30.3 Å². The molecule has 0 saturated heterocycles. The molecule has 2 aromatic rings. The van der Waals surface area contributed by atoms with Gasteiger partial charge >= 0.3 is 0 Å². The maximum Gasteiger partial charge on any atom is 0.263 e. The van der Waals surface area contributed by atoms with Crippen LogP contribution in [0.4, 0.5) is 5.69 Å². The quantitative estimate of drug-likeness (QED) is 0.490. The SMILES string of the molecule is CN1C(=O)c2cccc(NC(=O)CCCSc3ccccc3)c2C1=O. The van der Waals surface area contributed by atoms with Gasteiger partial charge in [0, 0.05) is 18.4 Å². The summed E-state index contributed by atoms with van der Waals surface area (Å²) >= 11 is 1.70. The minimum absolute atomic E-state index is 0.156. The van der Waals surface area contributed by atoms with Gasteiger partial charge in [-0.1, -0.05) is 24.3 Å². The average Bonchev–Trinajstić information content (AvgIpc) is 2.85. The smallest absolute Gasteiger partial charge is 0.263 e. The Kier molecular flexibility index (Phi) is 5.19. The summed E-state index contributed by atoms with van der Waals surface area (Å²) in [5.41, 5.74) is 1.02. The van der Waals surface area contributed by atoms with Crippen LogP contribution >= 0.6 is 11.8 Å². The first-order valence-corrected chi connectivity index (χ1v) is 8.99. The minimum atomic E-state index is -0.379. The minimum Gasteiger partial charge on any atom is -0.325 e. The van der Waals surface area contributed by atoms with Crippen LogP contribution in [0.25, 0.3) is 0 Å². The number of imide groups is 1. The van der Waals surface area contributed by atoms with E-state index in [-0.39, 0.29) is 23.3 Å². The molecule has 0 saturated carbocycles. The van der Waals surface area contributed by atoms with Crippen LogP contribution in [0.15, 0.2) is 53.4 Å². The normalized spacial score (nSPS) is 13.1. The maximum atomic E-state index is 12.2. The van der Waals surface area contributed by atoms with Gasteiger partial charge in [0.05, 0.1) is 16.8 Å². The standard InChI is InChI=1S/C19H18N2O3S/c1-21-18(23)14-9-5-10-15(17(14)19(21)24)20-16(22)11-6-12-25-13-7-3-2-4-8-13/h2-5,7-10H,6,11-12H2,1H3,(H,20,22). The predicted molar refractivity (Wildman–Crippen MR) is 97.9 cm³/mol. The zero-order valence-corrected chi connectivity index (χ0v) is 14.6. The van der Waals surface area contributed by atoms with E-state index >= 15 is 0 Å². The second-order valence-electron chi connectivity index (χ2n) is 5.71. The van der Waals surface area contributed by atoms with E-state index in [2.05, 4.69) is 5.32 Å². The third-order valence-corrected chi connectivity index (χ3v) is 5.05. The van der Waals surface area contributed by atoms with E-state index in [1.54, 1.807) is 30.0 Å². The summed E-state index contributed by atoms with van der Waals surface area (Å²) in [4.78, 5) is 38.6. The van der Waals surface area contributed by atoms with Crippen LogP contribution in [0.1, 0.15) is 33.6 Å². The van der Waals surface area contributed by atoms with Crippen LogP contribution in [0.3, 0.4) is 0 Å². The molecule has 1 aliphatic rings. The van der Waals surface area contributed by atoms with E-state index < -0.39 is 0 Å². The Hall–Kier alpha value is -2.60. The zero-order valence-electron chi connectivity index (χ0n) is 13.8. The highest BCUT2D eigenvalue weighted by Gasteiger charge is 2.35. The molecule has 5 nitrogen and oxygen atoms in total. The monoisotopic (exact) mass is 354 g/mol. The van der Waals surface area contributed by atoms with Crippen LogP contribution in [0.2, 0.25) is 0 Å². The van der Waals surface area contributed by atoms with Gasteiger partial charge in [0.2, 0.25) is 5.91 Å². The number of rotatable bonds is 6. The van der Waals surface area contributed by atoms with E-state index in [0.29, 0.717) is 17.7 Å². The van der Waals surface area contributed by atoms with Gasteiger partial charge in [-0.3, -0.25) is 19.3 Å². The summed E-state index contributed by atoms with van der Waals surface area (Å²) in [6, 6.07) is 14.9. The van der Waals surface area contributed by atoms with E-state index in [1.165, 1.54) is 11.9 Å². The molecule has 0 bridgehead atoms. The molecular formula is C19H18N2O3S. The third-order valence-electron chi connectivity index (χ3n) is 3.95. The van der Waals surface area contributed by atoms with Crippen molar-refractivity contribution in [1.29, 1.82) is 0 Å². The van der Waals surface area contributed by atoms with Gasteiger partial charge in [-0.05, 0) is 36.4 Å². The molecule has 0 aliphatic carbocycles. The Morgan fingerprint density at radius 2 is 1.80 bits per heavy atom. The molecule has 1 heterocycles. The fourth-order valence-corrected chi connectivity index (χ4v) is 3.53. The number of fused-ring (bicyclic) bond motifs is 1. The van der Waals surface area contributed by atoms with Crippen LogP contribution in [-0.4, -0.2) is 35.4 Å². The molecule has 25 heavy (non-hydrogen) atoms. The lowest BCUT2D eigenvalue weighted by Crippen LogP contribution is -2.24. The van der Waals surface area contributed by atoms with Crippen molar-refractivity contribution in [1.82, 2.24) is 4.90 Å². The lowest BCUT2D eigenvalue weighted by Gasteiger charge is -2.09. The fraction of sp³-hybridized carbons (Fsp3) is 0.211. The molecule has 1 N–H and O–H groups in total. The molecule has 1 aliphatic heterocycles. The maximum absolute atomic E-state index is 12.2. The lowest BCUT2D eigenvalue weighted by atomic mass is 10.1. The molecule has 3 rings (SSSR count). The van der Waals surface area contributed by atoms with Crippen molar-refractivity contribution in [2.24, 2.45) is 0 Å². The van der Waals surface area contributed by atoms with Crippen LogP contribution in [-0.2, 0) is 4.79 Å². The molecule has 3 amide bonds. The van der Waals surface area contributed by atoms with Crippen molar-refractivity contribution in [2.75, 3.05) is 18.1 Å². The summed E-state index contributed by atoms with van der Waals surface area (Å²) in [6.45, 7) is 0. The van der Waals surface area contributed by atoms with Crippen LogP contribution < -0.4 is 5.32 Å². The van der Waals surface area contributed by atoms with Gasteiger partial charge in [0.25, 0.3) is 11.8 Å². The van der Waals surface area contributed by atoms with Crippen molar-refractivity contribution in [2.45, 2.75) is 17.7 Å². The first-order chi connectivity index (χ1) is 12.1. The third kappa shape index (κ3) is 3.74. The largest absolute Gasteiger partial charge is 0.325 e.